The van der Waals surface area contributed by atoms with Crippen LogP contribution in [0.15, 0.2) is 29.4 Å². The summed E-state index contributed by atoms with van der Waals surface area (Å²) >= 11 is 0. The minimum Gasteiger partial charge on any atom is -0.494 e. The number of aromatic nitrogens is 1. The average molecular weight is 287 g/mol. The van der Waals surface area contributed by atoms with Crippen molar-refractivity contribution in [2.75, 3.05) is 7.11 Å². The Morgan fingerprint density at radius 2 is 2.14 bits per heavy atom. The molecule has 2 heterocycles. The van der Waals surface area contributed by atoms with Crippen LogP contribution in [0.2, 0.25) is 0 Å². The first kappa shape index (κ1) is 13.5. The Hall–Kier alpha value is -2.50. The maximum Gasteiger partial charge on any atom is 0.240 e. The Labute approximate surface area is 120 Å². The molecule has 1 N–H and O–H groups in total. The van der Waals surface area contributed by atoms with Crippen LogP contribution in [0.3, 0.4) is 0 Å². The van der Waals surface area contributed by atoms with Gasteiger partial charge in [-0.2, -0.15) is 5.10 Å². The number of nitrogens with one attached hydrogen (secondary N) is 1. The number of hydrogen-bond acceptors (Lipinski definition) is 4. The number of benzene rings is 1. The molecule has 0 atom stereocenters. The van der Waals surface area contributed by atoms with Crippen LogP contribution in [0.1, 0.15) is 24.1 Å². The molecule has 1 aromatic carbocycles. The van der Waals surface area contributed by atoms with E-state index in [0.29, 0.717) is 29.8 Å². The molecule has 1 aliphatic heterocycles. The molecule has 0 fully saturated rings. The number of carbonyl (C=O) groups excluding carboxylic acids is 1. The van der Waals surface area contributed by atoms with Crippen molar-refractivity contribution in [2.24, 2.45) is 5.10 Å². The van der Waals surface area contributed by atoms with Crippen LogP contribution in [0.5, 0.6) is 5.75 Å². The van der Waals surface area contributed by atoms with E-state index in [0.717, 1.165) is 16.7 Å². The number of rotatable bonds is 3. The highest BCUT2D eigenvalue weighted by atomic mass is 19.1. The molecule has 5 nitrogen and oxygen atoms in total. The van der Waals surface area contributed by atoms with E-state index in [9.17, 15) is 9.18 Å². The first-order valence-electron chi connectivity index (χ1n) is 6.61. The number of nitrogens with zero attached hydrogens (tertiary/aromatic N) is 2. The van der Waals surface area contributed by atoms with Crippen molar-refractivity contribution in [3.05, 3.63) is 35.5 Å². The number of hydrogen-bond donors (Lipinski definition) is 1. The number of hydrazone groups is 1. The Bertz CT molecular complexity index is 743. The first-order valence-corrected chi connectivity index (χ1v) is 6.61. The van der Waals surface area contributed by atoms with Crippen molar-refractivity contribution in [2.45, 2.75) is 19.5 Å². The van der Waals surface area contributed by atoms with Gasteiger partial charge in [0, 0.05) is 23.8 Å². The van der Waals surface area contributed by atoms with Crippen LogP contribution in [0, 0.1) is 0 Å². The van der Waals surface area contributed by atoms with Gasteiger partial charge in [-0.15, -0.1) is 0 Å². The van der Waals surface area contributed by atoms with Crippen molar-refractivity contribution in [3.63, 3.8) is 0 Å². The minimum absolute atomic E-state index is 0.0885. The van der Waals surface area contributed by atoms with Gasteiger partial charge in [-0.3, -0.25) is 4.79 Å². The molecule has 108 valence electrons. The van der Waals surface area contributed by atoms with E-state index >= 15 is 0 Å². The quantitative estimate of drug-likeness (QED) is 0.942. The van der Waals surface area contributed by atoms with Crippen molar-refractivity contribution < 1.29 is 13.9 Å². The van der Waals surface area contributed by atoms with Gasteiger partial charge < -0.3 is 4.74 Å². The third kappa shape index (κ3) is 2.44. The lowest BCUT2D eigenvalue weighted by molar-refractivity contribution is -0.121. The van der Waals surface area contributed by atoms with Crippen LogP contribution in [-0.2, 0) is 11.5 Å². The zero-order chi connectivity index (χ0) is 14.8. The van der Waals surface area contributed by atoms with Gasteiger partial charge in [-0.1, -0.05) is 6.07 Å². The van der Waals surface area contributed by atoms with Gasteiger partial charge in [0.05, 0.1) is 18.5 Å². The lowest BCUT2D eigenvalue weighted by Crippen LogP contribution is -2.26. The van der Waals surface area contributed by atoms with E-state index in [4.69, 9.17) is 4.74 Å². The topological polar surface area (TPSA) is 63.6 Å². The fourth-order valence-corrected chi connectivity index (χ4v) is 2.39. The number of methoxy groups -OCH3 is 1. The van der Waals surface area contributed by atoms with E-state index in [1.165, 1.54) is 0 Å². The molecule has 0 radical (unpaired) electrons. The minimum atomic E-state index is -0.625. The van der Waals surface area contributed by atoms with Crippen LogP contribution in [0.4, 0.5) is 4.39 Å². The van der Waals surface area contributed by atoms with E-state index in [1.54, 1.807) is 19.2 Å². The van der Waals surface area contributed by atoms with Crippen molar-refractivity contribution in [1.82, 2.24) is 10.4 Å². The molecule has 21 heavy (non-hydrogen) atoms. The summed E-state index contributed by atoms with van der Waals surface area (Å²) in [5.74, 6) is 0.499. The number of ether oxygens (including phenoxy) is 1. The zero-order valence-corrected chi connectivity index (χ0v) is 11.5. The van der Waals surface area contributed by atoms with Crippen LogP contribution in [-0.4, -0.2) is 23.7 Å². The van der Waals surface area contributed by atoms with Gasteiger partial charge in [-0.25, -0.2) is 14.8 Å². The highest BCUT2D eigenvalue weighted by Gasteiger charge is 2.17. The van der Waals surface area contributed by atoms with Gasteiger partial charge in [0.25, 0.3) is 0 Å². The van der Waals surface area contributed by atoms with Crippen molar-refractivity contribution >= 4 is 22.5 Å². The fourth-order valence-electron chi connectivity index (χ4n) is 2.39. The molecule has 1 aromatic heterocycles. The van der Waals surface area contributed by atoms with Crippen LogP contribution in [0.25, 0.3) is 10.9 Å². The van der Waals surface area contributed by atoms with Gasteiger partial charge in [-0.05, 0) is 18.2 Å². The third-order valence-corrected chi connectivity index (χ3v) is 3.45. The highest BCUT2D eigenvalue weighted by Crippen LogP contribution is 2.29. The summed E-state index contributed by atoms with van der Waals surface area (Å²) in [5, 5.41) is 4.94. The van der Waals surface area contributed by atoms with E-state index in [2.05, 4.69) is 15.5 Å². The molecule has 0 spiro atoms. The second-order valence-electron chi connectivity index (χ2n) is 4.74. The largest absolute Gasteiger partial charge is 0.494 e. The average Bonchev–Trinajstić information content (AvgIpc) is 2.54. The van der Waals surface area contributed by atoms with Crippen molar-refractivity contribution in [1.29, 1.82) is 0 Å². The summed E-state index contributed by atoms with van der Waals surface area (Å²) in [7, 11) is 1.55. The van der Waals surface area contributed by atoms with Gasteiger partial charge >= 0.3 is 0 Å². The first-order chi connectivity index (χ1) is 10.2. The molecular formula is C15H14FN3O2. The summed E-state index contributed by atoms with van der Waals surface area (Å²) in [6.45, 7) is -0.625. The molecule has 3 rings (SSSR count). The molecule has 2 aromatic rings. The summed E-state index contributed by atoms with van der Waals surface area (Å²) in [5.41, 5.74) is 5.11. The molecule has 0 aliphatic carbocycles. The van der Waals surface area contributed by atoms with E-state index in [1.807, 2.05) is 12.1 Å². The summed E-state index contributed by atoms with van der Waals surface area (Å²) in [4.78, 5) is 15.5. The number of amides is 1. The number of carbonyl (C=O) groups is 1. The standard InChI is InChI=1S/C15H14FN3O2/c1-21-13-6-4-10(12-5-7-14(20)19-18-12)11-3-2-9(8-16)17-15(11)13/h2-4,6H,5,7-8H2,1H3,(H,19,20). The molecule has 6 heteroatoms. The number of halogens is 1. The van der Waals surface area contributed by atoms with Crippen molar-refractivity contribution in [3.8, 4) is 5.75 Å². The maximum absolute atomic E-state index is 12.8. The molecule has 0 bridgehead atoms. The second-order valence-corrected chi connectivity index (χ2v) is 4.74. The molecule has 0 saturated heterocycles. The van der Waals surface area contributed by atoms with Gasteiger partial charge in [0.1, 0.15) is 17.9 Å². The van der Waals surface area contributed by atoms with E-state index < -0.39 is 6.67 Å². The maximum atomic E-state index is 12.8. The third-order valence-electron chi connectivity index (χ3n) is 3.45. The number of fused-ring (bicyclic) bond motifs is 1. The van der Waals surface area contributed by atoms with Gasteiger partial charge in [0.15, 0.2) is 0 Å². The monoisotopic (exact) mass is 287 g/mol. The summed E-state index contributed by atoms with van der Waals surface area (Å²) in [6, 6.07) is 7.13. The Kier molecular flexibility index (Phi) is 3.51. The normalized spacial score (nSPS) is 14.8. The predicted molar refractivity (Wildman–Crippen MR) is 77.0 cm³/mol. The van der Waals surface area contributed by atoms with Gasteiger partial charge in [0.2, 0.25) is 5.91 Å². The molecule has 0 saturated carbocycles. The number of alkyl halides is 1. The summed E-state index contributed by atoms with van der Waals surface area (Å²) < 4.78 is 18.1. The van der Waals surface area contributed by atoms with Crippen LogP contribution < -0.4 is 10.2 Å². The fraction of sp³-hybridized carbons (Fsp3) is 0.267. The lowest BCUT2D eigenvalue weighted by atomic mass is 9.99. The highest BCUT2D eigenvalue weighted by molar-refractivity contribution is 6.13. The smallest absolute Gasteiger partial charge is 0.240 e. The molecule has 1 amide bonds. The second kappa shape index (κ2) is 5.47. The Balaban J connectivity index is 2.18. The SMILES string of the molecule is COc1ccc(C2=NNC(=O)CC2)c2ccc(CF)nc12. The van der Waals surface area contributed by atoms with Crippen LogP contribution >= 0.6 is 0 Å². The van der Waals surface area contributed by atoms with E-state index in [-0.39, 0.29) is 5.91 Å². The lowest BCUT2D eigenvalue weighted by Gasteiger charge is -2.15. The molecule has 1 aliphatic rings. The Morgan fingerprint density at radius 3 is 2.81 bits per heavy atom. The number of pyridine rings is 1. The summed E-state index contributed by atoms with van der Waals surface area (Å²) in [6.07, 6.45) is 0.973. The predicted octanol–water partition coefficient (Wildman–Crippen LogP) is 2.33. The zero-order valence-electron chi connectivity index (χ0n) is 11.5. The molecule has 0 unspecified atom stereocenters. The Morgan fingerprint density at radius 1 is 1.29 bits per heavy atom. The molecular weight excluding hydrogens is 273 g/mol.